The number of rotatable bonds is 1. The highest BCUT2D eigenvalue weighted by Gasteiger charge is 2.52. The summed E-state index contributed by atoms with van der Waals surface area (Å²) in [6.45, 7) is 4.11. The van der Waals surface area contributed by atoms with Crippen LogP contribution >= 0.6 is 0 Å². The monoisotopic (exact) mass is 299 g/mol. The molecule has 0 aliphatic heterocycles. The van der Waals surface area contributed by atoms with Crippen molar-refractivity contribution in [1.29, 1.82) is 0 Å². The molecule has 4 heteroatoms. The first-order valence-electron chi connectivity index (χ1n) is 7.60. The lowest BCUT2D eigenvalue weighted by molar-refractivity contribution is -0.151. The molecule has 1 aromatic carbocycles. The van der Waals surface area contributed by atoms with E-state index in [-0.39, 0.29) is 11.4 Å². The van der Waals surface area contributed by atoms with Crippen LogP contribution in [0.4, 0.5) is 0 Å². The summed E-state index contributed by atoms with van der Waals surface area (Å²) in [4.78, 5) is 12.4. The molecular weight excluding hydrogens is 278 g/mol. The van der Waals surface area contributed by atoms with Crippen molar-refractivity contribution >= 4 is 11.7 Å². The topological polar surface area (TPSA) is 58.9 Å². The Morgan fingerprint density at radius 3 is 2.68 bits per heavy atom. The Kier molecular flexibility index (Phi) is 3.35. The molecule has 0 saturated heterocycles. The summed E-state index contributed by atoms with van der Waals surface area (Å²) in [5.41, 5.74) is 2.65. The van der Waals surface area contributed by atoms with E-state index >= 15 is 0 Å². The molecule has 2 unspecified atom stereocenters. The molecule has 0 heterocycles. The number of fused-ring (bicyclic) bond motifs is 3. The van der Waals surface area contributed by atoms with E-state index in [1.54, 1.807) is 0 Å². The van der Waals surface area contributed by atoms with E-state index in [0.29, 0.717) is 5.71 Å². The second-order valence-corrected chi connectivity index (χ2v) is 6.60. The number of allylic oxidation sites excluding steroid dienone is 1. The fourth-order valence-corrected chi connectivity index (χ4v) is 4.19. The first-order valence-corrected chi connectivity index (χ1v) is 7.60. The Morgan fingerprint density at radius 2 is 2.00 bits per heavy atom. The van der Waals surface area contributed by atoms with Gasteiger partial charge < -0.3 is 9.94 Å². The Balaban J connectivity index is 2.26. The van der Waals surface area contributed by atoms with Crippen molar-refractivity contribution in [3.63, 3.8) is 0 Å². The van der Waals surface area contributed by atoms with E-state index in [1.165, 1.54) is 7.11 Å². The van der Waals surface area contributed by atoms with E-state index in [1.807, 2.05) is 31.2 Å². The summed E-state index contributed by atoms with van der Waals surface area (Å²) in [6, 6.07) is 7.96. The maximum Gasteiger partial charge on any atom is 0.315 e. The van der Waals surface area contributed by atoms with E-state index in [0.717, 1.165) is 36.0 Å². The van der Waals surface area contributed by atoms with Gasteiger partial charge in [-0.2, -0.15) is 0 Å². The molecule has 2 atom stereocenters. The van der Waals surface area contributed by atoms with Crippen LogP contribution in [0.15, 0.2) is 41.1 Å². The Labute approximate surface area is 130 Å². The lowest BCUT2D eigenvalue weighted by atomic mass is 9.54. The van der Waals surface area contributed by atoms with Crippen LogP contribution in [0.2, 0.25) is 0 Å². The molecular formula is C18H21NO3. The van der Waals surface area contributed by atoms with E-state index in [2.05, 4.69) is 18.1 Å². The van der Waals surface area contributed by atoms with Gasteiger partial charge in [0.05, 0.1) is 12.5 Å². The predicted molar refractivity (Wildman–Crippen MR) is 84.2 cm³/mol. The van der Waals surface area contributed by atoms with Crippen molar-refractivity contribution in [1.82, 2.24) is 0 Å². The second-order valence-electron chi connectivity index (χ2n) is 6.60. The maximum absolute atomic E-state index is 12.4. The lowest BCUT2D eigenvalue weighted by Gasteiger charge is -2.48. The first kappa shape index (κ1) is 14.8. The Morgan fingerprint density at radius 1 is 1.27 bits per heavy atom. The van der Waals surface area contributed by atoms with Crippen molar-refractivity contribution in [3.8, 4) is 0 Å². The highest BCUT2D eigenvalue weighted by atomic mass is 16.5. The minimum atomic E-state index is -0.675. The van der Waals surface area contributed by atoms with Crippen molar-refractivity contribution in [2.75, 3.05) is 7.11 Å². The predicted octanol–water partition coefficient (Wildman–Crippen LogP) is 3.43. The van der Waals surface area contributed by atoms with Gasteiger partial charge in [0.25, 0.3) is 0 Å². The number of nitrogens with zero attached hydrogens (tertiary/aromatic N) is 1. The van der Waals surface area contributed by atoms with Gasteiger partial charge in [-0.15, -0.1) is 0 Å². The minimum absolute atomic E-state index is 0.221. The average Bonchev–Trinajstić information content (AvgIpc) is 2.54. The van der Waals surface area contributed by atoms with E-state index in [9.17, 15) is 10.0 Å². The Bertz CT molecular complexity index is 691. The molecule has 22 heavy (non-hydrogen) atoms. The first-order chi connectivity index (χ1) is 10.5. The molecule has 2 aliphatic carbocycles. The van der Waals surface area contributed by atoms with Crippen LogP contribution in [0.3, 0.4) is 0 Å². The molecule has 4 nitrogen and oxygen atoms in total. The highest BCUT2D eigenvalue weighted by Crippen LogP contribution is 2.55. The van der Waals surface area contributed by atoms with E-state index in [4.69, 9.17) is 4.74 Å². The molecule has 0 aromatic heterocycles. The third-order valence-electron chi connectivity index (χ3n) is 5.36. The van der Waals surface area contributed by atoms with Gasteiger partial charge in [-0.3, -0.25) is 4.79 Å². The number of oxime groups is 1. The molecule has 0 radical (unpaired) electrons. The number of carbonyl (C=O) groups is 1. The number of carbonyl (C=O) groups excluding carboxylic acids is 1. The summed E-state index contributed by atoms with van der Waals surface area (Å²) in [5, 5.41) is 12.9. The normalized spacial score (nSPS) is 32.0. The summed E-state index contributed by atoms with van der Waals surface area (Å²) < 4.78 is 5.06. The lowest BCUT2D eigenvalue weighted by Crippen LogP contribution is -2.46. The number of benzene rings is 1. The zero-order valence-electron chi connectivity index (χ0n) is 13.2. The Hall–Kier alpha value is -2.10. The maximum atomic E-state index is 12.4. The molecule has 2 aliphatic rings. The second kappa shape index (κ2) is 4.97. The van der Waals surface area contributed by atoms with Crippen LogP contribution in [0.5, 0.6) is 0 Å². The third-order valence-corrected chi connectivity index (χ3v) is 5.36. The molecule has 0 bridgehead atoms. The van der Waals surface area contributed by atoms with Gasteiger partial charge in [0, 0.05) is 11.0 Å². The number of ether oxygens (including phenoxy) is 1. The summed E-state index contributed by atoms with van der Waals surface area (Å²) in [7, 11) is 1.43. The molecule has 1 saturated carbocycles. The van der Waals surface area contributed by atoms with Crippen LogP contribution < -0.4 is 0 Å². The number of hydrogen-bond acceptors (Lipinski definition) is 4. The zero-order chi connectivity index (χ0) is 16.0. The van der Waals surface area contributed by atoms with Crippen molar-refractivity contribution in [2.24, 2.45) is 10.6 Å². The average molecular weight is 299 g/mol. The van der Waals surface area contributed by atoms with Crippen molar-refractivity contribution < 1.29 is 14.7 Å². The van der Waals surface area contributed by atoms with Crippen LogP contribution in [-0.4, -0.2) is 24.0 Å². The summed E-state index contributed by atoms with van der Waals surface area (Å²) in [6.07, 6.45) is 4.56. The molecule has 0 amide bonds. The van der Waals surface area contributed by atoms with Gasteiger partial charge in [-0.05, 0) is 37.0 Å². The van der Waals surface area contributed by atoms with Crippen molar-refractivity contribution in [2.45, 2.75) is 38.5 Å². The van der Waals surface area contributed by atoms with Gasteiger partial charge >= 0.3 is 5.97 Å². The molecule has 116 valence electrons. The number of hydrogen-bond donors (Lipinski definition) is 1. The molecule has 1 N–H and O–H groups in total. The number of methoxy groups -OCH3 is 1. The van der Waals surface area contributed by atoms with Gasteiger partial charge in [0.15, 0.2) is 0 Å². The van der Waals surface area contributed by atoms with Crippen LogP contribution in [0.25, 0.3) is 0 Å². The van der Waals surface area contributed by atoms with Crippen LogP contribution in [0.1, 0.15) is 44.2 Å². The van der Waals surface area contributed by atoms with E-state index < -0.39 is 5.41 Å². The van der Waals surface area contributed by atoms with Crippen molar-refractivity contribution in [3.05, 3.63) is 47.0 Å². The van der Waals surface area contributed by atoms with Gasteiger partial charge in [0.2, 0.25) is 0 Å². The largest absolute Gasteiger partial charge is 0.468 e. The third kappa shape index (κ3) is 1.83. The smallest absolute Gasteiger partial charge is 0.315 e. The summed E-state index contributed by atoms with van der Waals surface area (Å²) >= 11 is 0. The molecule has 0 spiro atoms. The zero-order valence-corrected chi connectivity index (χ0v) is 13.2. The molecule has 1 aromatic rings. The molecule has 3 rings (SSSR count). The molecule has 1 fully saturated rings. The SMILES string of the molecule is COC(=O)C1(C)CCCC2(C)C1=C/C(=N\O)c1ccccc12. The minimum Gasteiger partial charge on any atom is -0.468 e. The fourth-order valence-electron chi connectivity index (χ4n) is 4.19. The van der Waals surface area contributed by atoms with Gasteiger partial charge in [-0.25, -0.2) is 0 Å². The summed E-state index contributed by atoms with van der Waals surface area (Å²) in [5.74, 6) is -0.221. The fraction of sp³-hybridized carbons (Fsp3) is 0.444. The quantitative estimate of drug-likeness (QED) is 0.491. The highest BCUT2D eigenvalue weighted by molar-refractivity contribution is 6.12. The standard InChI is InChI=1S/C18H21NO3/c1-17-9-6-10-18(2,16(20)22-3)15(17)11-14(19-21)12-7-4-5-8-13(12)17/h4-5,7-8,11,21H,6,9-10H2,1-3H3/b19-14+. The van der Waals surface area contributed by atoms with Gasteiger partial charge in [0.1, 0.15) is 5.71 Å². The van der Waals surface area contributed by atoms with Crippen LogP contribution in [0, 0.1) is 5.41 Å². The van der Waals surface area contributed by atoms with Gasteiger partial charge in [-0.1, -0.05) is 42.8 Å². The van der Waals surface area contributed by atoms with Crippen LogP contribution in [-0.2, 0) is 14.9 Å². The number of esters is 1.